The second-order valence-corrected chi connectivity index (χ2v) is 8.87. The predicted octanol–water partition coefficient (Wildman–Crippen LogP) is 1.08. The lowest BCUT2D eigenvalue weighted by molar-refractivity contribution is -0.116. The average molecular weight is 438 g/mol. The number of hydrogen-bond donors (Lipinski definition) is 3. The van der Waals surface area contributed by atoms with Gasteiger partial charge in [-0.15, -0.1) is 0 Å². The molecule has 0 bridgehead atoms. The fourth-order valence-electron chi connectivity index (χ4n) is 1.78. The number of amides is 1. The second kappa shape index (κ2) is 6.40. The van der Waals surface area contributed by atoms with E-state index in [-0.39, 0.29) is 16.5 Å². The van der Waals surface area contributed by atoms with Gasteiger partial charge in [0.05, 0.1) is 16.2 Å². The second-order valence-electron chi connectivity index (χ2n) is 5.56. The highest BCUT2D eigenvalue weighted by Crippen LogP contribution is 2.24. The molecule has 1 heterocycles. The van der Waals surface area contributed by atoms with Crippen molar-refractivity contribution in [1.29, 1.82) is 0 Å². The molecule has 9 heteroatoms. The quantitative estimate of drug-likeness (QED) is 0.455. The van der Waals surface area contributed by atoms with E-state index in [1.54, 1.807) is 6.07 Å². The number of nitrogens with one attached hydrogen (secondary N) is 3. The van der Waals surface area contributed by atoms with Crippen LogP contribution in [0.2, 0.25) is 0 Å². The standard InChI is InChI=1S/C13H19IN4O3S/c1-13(16-17-13)7-6-12(19)15-11-8-9(4-5-10(11)14)22(20,21)18(2)3/h4-5,8,16-17H,6-7H2,1-3H3,(H,15,19). The monoisotopic (exact) mass is 438 g/mol. The number of hydrogen-bond acceptors (Lipinski definition) is 5. The molecule has 0 saturated carbocycles. The highest BCUT2D eigenvalue weighted by atomic mass is 127. The third-order valence-electron chi connectivity index (χ3n) is 3.39. The van der Waals surface area contributed by atoms with Crippen molar-refractivity contribution >= 4 is 44.2 Å². The Kier molecular flexibility index (Phi) is 5.12. The van der Waals surface area contributed by atoms with Crippen LogP contribution in [-0.4, -0.2) is 38.4 Å². The number of rotatable bonds is 6. The van der Waals surface area contributed by atoms with Crippen molar-refractivity contribution in [2.24, 2.45) is 0 Å². The summed E-state index contributed by atoms with van der Waals surface area (Å²) in [6, 6.07) is 4.70. The van der Waals surface area contributed by atoms with Crippen LogP contribution in [-0.2, 0) is 14.8 Å². The summed E-state index contributed by atoms with van der Waals surface area (Å²) in [7, 11) is -0.571. The van der Waals surface area contributed by atoms with E-state index >= 15 is 0 Å². The third-order valence-corrected chi connectivity index (χ3v) is 6.15. The van der Waals surface area contributed by atoms with Gasteiger partial charge in [-0.05, 0) is 54.1 Å². The Balaban J connectivity index is 2.11. The Morgan fingerprint density at radius 1 is 1.36 bits per heavy atom. The lowest BCUT2D eigenvalue weighted by Gasteiger charge is -2.14. The minimum Gasteiger partial charge on any atom is -0.325 e. The van der Waals surface area contributed by atoms with Crippen molar-refractivity contribution in [1.82, 2.24) is 15.2 Å². The third kappa shape index (κ3) is 4.16. The van der Waals surface area contributed by atoms with Gasteiger partial charge in [0.25, 0.3) is 0 Å². The number of benzene rings is 1. The summed E-state index contributed by atoms with van der Waals surface area (Å²) in [5, 5.41) is 2.78. The van der Waals surface area contributed by atoms with E-state index in [1.165, 1.54) is 26.2 Å². The van der Waals surface area contributed by atoms with Crippen molar-refractivity contribution < 1.29 is 13.2 Å². The van der Waals surface area contributed by atoms with Gasteiger partial charge in [-0.2, -0.15) is 0 Å². The number of carbonyl (C=O) groups is 1. The average Bonchev–Trinajstić information content (AvgIpc) is 3.17. The summed E-state index contributed by atoms with van der Waals surface area (Å²) in [5.41, 5.74) is 6.28. The molecule has 1 aromatic carbocycles. The van der Waals surface area contributed by atoms with Gasteiger partial charge in [-0.25, -0.2) is 23.6 Å². The zero-order valence-corrected chi connectivity index (χ0v) is 15.6. The molecule has 1 saturated heterocycles. The van der Waals surface area contributed by atoms with Gasteiger partial charge in [0.15, 0.2) is 0 Å². The Hall–Kier alpha value is -0.750. The van der Waals surface area contributed by atoms with Gasteiger partial charge in [0.1, 0.15) is 0 Å². The van der Waals surface area contributed by atoms with Crippen molar-refractivity contribution in [2.45, 2.75) is 30.3 Å². The van der Waals surface area contributed by atoms with Crippen LogP contribution in [0.4, 0.5) is 5.69 Å². The number of anilines is 1. The molecule has 7 nitrogen and oxygen atoms in total. The Bertz CT molecular complexity index is 687. The van der Waals surface area contributed by atoms with Crippen LogP contribution in [0.5, 0.6) is 0 Å². The van der Waals surface area contributed by atoms with Crippen molar-refractivity contribution in [3.8, 4) is 0 Å². The van der Waals surface area contributed by atoms with Crippen molar-refractivity contribution in [2.75, 3.05) is 19.4 Å². The smallest absolute Gasteiger partial charge is 0.242 e. The maximum Gasteiger partial charge on any atom is 0.242 e. The summed E-state index contributed by atoms with van der Waals surface area (Å²) in [6.07, 6.45) is 1.00. The fraction of sp³-hybridized carbons (Fsp3) is 0.462. The van der Waals surface area contributed by atoms with Crippen LogP contribution < -0.4 is 16.2 Å². The number of carbonyl (C=O) groups excluding carboxylic acids is 1. The highest BCUT2D eigenvalue weighted by molar-refractivity contribution is 14.1. The number of sulfonamides is 1. The van der Waals surface area contributed by atoms with Gasteiger partial charge in [-0.1, -0.05) is 0 Å². The number of hydrazine groups is 1. The SMILES string of the molecule is CN(C)S(=O)(=O)c1ccc(I)c(NC(=O)CCC2(C)NN2)c1. The summed E-state index contributed by atoms with van der Waals surface area (Å²) in [5.74, 6) is -0.144. The molecule has 0 aromatic heterocycles. The highest BCUT2D eigenvalue weighted by Gasteiger charge is 2.35. The van der Waals surface area contributed by atoms with E-state index in [9.17, 15) is 13.2 Å². The minimum absolute atomic E-state index is 0.144. The first kappa shape index (κ1) is 17.6. The minimum atomic E-state index is -3.52. The summed E-state index contributed by atoms with van der Waals surface area (Å²) in [4.78, 5) is 12.2. The summed E-state index contributed by atoms with van der Waals surface area (Å²) in [6.45, 7) is 1.97. The molecule has 1 aromatic rings. The topological polar surface area (TPSA) is 110 Å². The first-order valence-electron chi connectivity index (χ1n) is 6.70. The molecule has 0 spiro atoms. The molecule has 3 N–H and O–H groups in total. The van der Waals surface area contributed by atoms with Gasteiger partial charge in [-0.3, -0.25) is 4.79 Å². The van der Waals surface area contributed by atoms with E-state index in [0.717, 1.165) is 7.88 Å². The molecular formula is C13H19IN4O3S. The molecule has 1 aliphatic rings. The van der Waals surface area contributed by atoms with Crippen molar-refractivity contribution in [3.05, 3.63) is 21.8 Å². The van der Waals surface area contributed by atoms with Crippen LogP contribution in [0.25, 0.3) is 0 Å². The van der Waals surface area contributed by atoms with Crippen molar-refractivity contribution in [3.63, 3.8) is 0 Å². The zero-order chi connectivity index (χ0) is 16.5. The van der Waals surface area contributed by atoms with Gasteiger partial charge in [0.2, 0.25) is 15.9 Å². The Morgan fingerprint density at radius 3 is 2.55 bits per heavy atom. The molecule has 22 heavy (non-hydrogen) atoms. The number of halogens is 1. The molecule has 0 radical (unpaired) electrons. The molecular weight excluding hydrogens is 419 g/mol. The molecule has 0 aliphatic carbocycles. The van der Waals surface area contributed by atoms with Gasteiger partial charge >= 0.3 is 0 Å². The molecule has 0 unspecified atom stereocenters. The molecule has 1 aliphatic heterocycles. The van der Waals surface area contributed by atoms with Crippen LogP contribution in [0.3, 0.4) is 0 Å². The van der Waals surface area contributed by atoms with E-state index in [4.69, 9.17) is 0 Å². The molecule has 1 amide bonds. The molecule has 1 fully saturated rings. The van der Waals surface area contributed by atoms with E-state index in [1.807, 2.05) is 6.92 Å². The zero-order valence-electron chi connectivity index (χ0n) is 12.6. The Morgan fingerprint density at radius 2 is 2.00 bits per heavy atom. The summed E-state index contributed by atoms with van der Waals surface area (Å²) < 4.78 is 26.2. The summed E-state index contributed by atoms with van der Waals surface area (Å²) >= 11 is 2.07. The first-order valence-corrected chi connectivity index (χ1v) is 9.22. The maximum atomic E-state index is 12.1. The number of nitrogens with zero attached hydrogens (tertiary/aromatic N) is 1. The maximum absolute atomic E-state index is 12.1. The predicted molar refractivity (Wildman–Crippen MR) is 92.6 cm³/mol. The Labute approximate surface area is 144 Å². The normalized spacial score (nSPS) is 16.6. The van der Waals surface area contributed by atoms with Crippen LogP contribution in [0.15, 0.2) is 23.1 Å². The van der Waals surface area contributed by atoms with Crippen LogP contribution in [0.1, 0.15) is 19.8 Å². The molecule has 0 atom stereocenters. The van der Waals surface area contributed by atoms with Crippen LogP contribution >= 0.6 is 22.6 Å². The lowest BCUT2D eigenvalue weighted by atomic mass is 10.1. The van der Waals surface area contributed by atoms with Crippen LogP contribution in [0, 0.1) is 3.57 Å². The molecule has 2 rings (SSSR count). The van der Waals surface area contributed by atoms with Gasteiger partial charge in [0, 0.05) is 24.1 Å². The van der Waals surface area contributed by atoms with E-state index in [0.29, 0.717) is 18.5 Å². The fourth-order valence-corrected chi connectivity index (χ4v) is 3.18. The van der Waals surface area contributed by atoms with Gasteiger partial charge < -0.3 is 5.32 Å². The van der Waals surface area contributed by atoms with E-state index < -0.39 is 10.0 Å². The largest absolute Gasteiger partial charge is 0.325 e. The lowest BCUT2D eigenvalue weighted by Crippen LogP contribution is -2.23. The van der Waals surface area contributed by atoms with E-state index in [2.05, 4.69) is 38.8 Å². The molecule has 122 valence electrons. The first-order chi connectivity index (χ1) is 10.1.